The molecule has 1 spiro atoms. The third-order valence-electron chi connectivity index (χ3n) is 7.83. The zero-order valence-corrected chi connectivity index (χ0v) is 12.9. The van der Waals surface area contributed by atoms with Crippen LogP contribution in [0.5, 0.6) is 0 Å². The maximum absolute atomic E-state index is 3.61. The van der Waals surface area contributed by atoms with Crippen LogP contribution in [0.3, 0.4) is 0 Å². The summed E-state index contributed by atoms with van der Waals surface area (Å²) >= 11 is 0. The number of nitrogens with one attached hydrogen (secondary N) is 1. The molecule has 0 radical (unpaired) electrons. The van der Waals surface area contributed by atoms with Crippen molar-refractivity contribution in [2.45, 2.75) is 63.3 Å². The van der Waals surface area contributed by atoms with E-state index in [9.17, 15) is 0 Å². The lowest BCUT2D eigenvalue weighted by Gasteiger charge is -2.62. The van der Waals surface area contributed by atoms with E-state index >= 15 is 0 Å². The van der Waals surface area contributed by atoms with Gasteiger partial charge in [-0.15, -0.1) is 0 Å². The Morgan fingerprint density at radius 3 is 1.90 bits per heavy atom. The van der Waals surface area contributed by atoms with Gasteiger partial charge in [0, 0.05) is 12.1 Å². The molecule has 0 aromatic heterocycles. The number of nitrogens with zero attached hydrogens (tertiary/aromatic N) is 1. The molecular weight excluding hydrogens is 244 g/mol. The van der Waals surface area contributed by atoms with Gasteiger partial charge in [-0.05, 0) is 101 Å². The van der Waals surface area contributed by atoms with Crippen molar-refractivity contribution >= 4 is 0 Å². The quantitative estimate of drug-likeness (QED) is 0.790. The minimum Gasteiger partial charge on any atom is -0.316 e. The summed E-state index contributed by atoms with van der Waals surface area (Å²) in [5.41, 5.74) is 1.36. The van der Waals surface area contributed by atoms with Crippen molar-refractivity contribution in [1.82, 2.24) is 10.2 Å². The molecule has 0 atom stereocenters. The summed E-state index contributed by atoms with van der Waals surface area (Å²) in [6, 6.07) is 0. The molecule has 0 aromatic carbocycles. The van der Waals surface area contributed by atoms with Crippen LogP contribution in [0.1, 0.15) is 57.8 Å². The predicted octanol–water partition coefficient (Wildman–Crippen LogP) is 3.03. The molecule has 2 saturated heterocycles. The Morgan fingerprint density at radius 2 is 1.40 bits per heavy atom. The second-order valence-electron chi connectivity index (χ2n) is 9.06. The van der Waals surface area contributed by atoms with Crippen LogP contribution in [0.4, 0.5) is 0 Å². The van der Waals surface area contributed by atoms with Gasteiger partial charge in [-0.3, -0.25) is 4.90 Å². The largest absolute Gasteiger partial charge is 0.316 e. The number of hydrogen-bond acceptors (Lipinski definition) is 2. The van der Waals surface area contributed by atoms with E-state index in [0.29, 0.717) is 11.0 Å². The molecule has 0 aromatic rings. The smallest absolute Gasteiger partial charge is 0.0217 e. The highest BCUT2D eigenvalue weighted by Gasteiger charge is 2.54. The normalized spacial score (nSPS) is 50.1. The minimum absolute atomic E-state index is 0.669. The molecule has 2 aliphatic heterocycles. The van der Waals surface area contributed by atoms with Gasteiger partial charge in [-0.1, -0.05) is 0 Å². The lowest BCUT2D eigenvalue weighted by molar-refractivity contribution is -0.104. The second kappa shape index (κ2) is 4.23. The zero-order chi connectivity index (χ0) is 13.2. The molecule has 0 unspecified atom stereocenters. The fourth-order valence-electron chi connectivity index (χ4n) is 7.13. The van der Waals surface area contributed by atoms with Crippen molar-refractivity contribution in [3.05, 3.63) is 0 Å². The molecule has 0 amide bonds. The first kappa shape index (κ1) is 12.5. The zero-order valence-electron chi connectivity index (χ0n) is 12.9. The Labute approximate surface area is 123 Å². The molecule has 2 heteroatoms. The van der Waals surface area contributed by atoms with Gasteiger partial charge in [0.2, 0.25) is 0 Å². The summed E-state index contributed by atoms with van der Waals surface area (Å²) in [7, 11) is 0. The lowest BCUT2D eigenvalue weighted by atomic mass is 9.52. The summed E-state index contributed by atoms with van der Waals surface area (Å²) in [4.78, 5) is 2.99. The molecule has 112 valence electrons. The first-order valence-electron chi connectivity index (χ1n) is 9.21. The van der Waals surface area contributed by atoms with Gasteiger partial charge in [0.15, 0.2) is 0 Å². The van der Waals surface area contributed by atoms with E-state index in [2.05, 4.69) is 10.2 Å². The van der Waals surface area contributed by atoms with Crippen LogP contribution < -0.4 is 5.32 Å². The van der Waals surface area contributed by atoms with Crippen molar-refractivity contribution in [1.29, 1.82) is 0 Å². The minimum atomic E-state index is 0.669. The molecule has 2 nitrogen and oxygen atoms in total. The third-order valence-corrected chi connectivity index (χ3v) is 7.83. The molecule has 4 bridgehead atoms. The number of likely N-dealkylation sites (tertiary alicyclic amines) is 1. The van der Waals surface area contributed by atoms with Crippen LogP contribution >= 0.6 is 0 Å². The Balaban J connectivity index is 1.34. The predicted molar refractivity (Wildman–Crippen MR) is 81.6 cm³/mol. The molecule has 6 rings (SSSR count). The van der Waals surface area contributed by atoms with Gasteiger partial charge in [0.25, 0.3) is 0 Å². The molecule has 4 aliphatic carbocycles. The van der Waals surface area contributed by atoms with E-state index in [1.165, 1.54) is 45.4 Å². The van der Waals surface area contributed by atoms with Crippen LogP contribution in [-0.2, 0) is 0 Å². The van der Waals surface area contributed by atoms with Crippen molar-refractivity contribution < 1.29 is 0 Å². The number of piperidine rings is 1. The van der Waals surface area contributed by atoms with Crippen LogP contribution in [-0.4, -0.2) is 36.6 Å². The second-order valence-corrected chi connectivity index (χ2v) is 9.06. The fraction of sp³-hybridized carbons (Fsp3) is 1.00. The average Bonchev–Trinajstić information content (AvgIpc) is 2.86. The van der Waals surface area contributed by atoms with Crippen LogP contribution in [0.2, 0.25) is 0 Å². The molecule has 2 heterocycles. The van der Waals surface area contributed by atoms with Crippen molar-refractivity contribution in [3.63, 3.8) is 0 Å². The Hall–Kier alpha value is -0.0800. The first-order chi connectivity index (χ1) is 9.75. The summed E-state index contributed by atoms with van der Waals surface area (Å²) in [5, 5.41) is 3.61. The Kier molecular flexibility index (Phi) is 2.63. The van der Waals surface area contributed by atoms with Gasteiger partial charge < -0.3 is 5.32 Å². The first-order valence-corrected chi connectivity index (χ1v) is 9.21. The summed E-state index contributed by atoms with van der Waals surface area (Å²) in [6.45, 7) is 5.40. The Morgan fingerprint density at radius 1 is 0.800 bits per heavy atom. The van der Waals surface area contributed by atoms with Crippen LogP contribution in [0.25, 0.3) is 0 Å². The van der Waals surface area contributed by atoms with Gasteiger partial charge >= 0.3 is 0 Å². The highest BCUT2D eigenvalue weighted by atomic mass is 15.2. The van der Waals surface area contributed by atoms with Gasteiger partial charge in [0.1, 0.15) is 0 Å². The van der Waals surface area contributed by atoms with E-state index in [1.54, 1.807) is 38.5 Å². The SMILES string of the molecule is C1CC2(CCN(C34CC5CC(CC(C5)C3)C4)CC2)CN1. The summed E-state index contributed by atoms with van der Waals surface area (Å²) < 4.78 is 0. The fourth-order valence-corrected chi connectivity index (χ4v) is 7.13. The van der Waals surface area contributed by atoms with Crippen molar-refractivity contribution in [3.8, 4) is 0 Å². The van der Waals surface area contributed by atoms with Crippen LogP contribution in [0.15, 0.2) is 0 Å². The summed E-state index contributed by atoms with van der Waals surface area (Å²) in [6.07, 6.45) is 13.8. The summed E-state index contributed by atoms with van der Waals surface area (Å²) in [5.74, 6) is 3.31. The topological polar surface area (TPSA) is 15.3 Å². The van der Waals surface area contributed by atoms with E-state index in [1.807, 2.05) is 0 Å². The van der Waals surface area contributed by atoms with E-state index in [4.69, 9.17) is 0 Å². The van der Waals surface area contributed by atoms with E-state index in [0.717, 1.165) is 17.8 Å². The molecular formula is C18H30N2. The average molecular weight is 274 g/mol. The monoisotopic (exact) mass is 274 g/mol. The lowest BCUT2D eigenvalue weighted by Crippen LogP contribution is -2.62. The highest BCUT2D eigenvalue weighted by Crippen LogP contribution is 2.58. The number of rotatable bonds is 1. The van der Waals surface area contributed by atoms with Crippen LogP contribution in [0, 0.1) is 23.2 Å². The highest BCUT2D eigenvalue weighted by molar-refractivity contribution is 5.09. The molecule has 1 N–H and O–H groups in total. The molecule has 6 aliphatic rings. The van der Waals surface area contributed by atoms with Gasteiger partial charge in [-0.2, -0.15) is 0 Å². The van der Waals surface area contributed by atoms with E-state index in [-0.39, 0.29) is 0 Å². The van der Waals surface area contributed by atoms with Crippen molar-refractivity contribution in [2.75, 3.05) is 26.2 Å². The van der Waals surface area contributed by atoms with Gasteiger partial charge in [0.05, 0.1) is 0 Å². The standard InChI is InChI=1S/C18H30N2/c1-4-19-13-17(1)2-5-20(6-3-17)18-10-14-7-15(11-18)9-16(8-14)12-18/h14-16,19H,1-13H2. The third kappa shape index (κ3) is 1.76. The molecule has 4 saturated carbocycles. The van der Waals surface area contributed by atoms with Crippen molar-refractivity contribution in [2.24, 2.45) is 23.2 Å². The van der Waals surface area contributed by atoms with E-state index < -0.39 is 0 Å². The number of hydrogen-bond donors (Lipinski definition) is 1. The molecule has 20 heavy (non-hydrogen) atoms. The van der Waals surface area contributed by atoms with Gasteiger partial charge in [-0.25, -0.2) is 0 Å². The maximum atomic E-state index is 3.61. The Bertz CT molecular complexity index is 351. The maximum Gasteiger partial charge on any atom is 0.0217 e. The molecule has 6 fully saturated rings.